The second-order valence-corrected chi connectivity index (χ2v) is 6.41. The smallest absolute Gasteiger partial charge is 0.388 e. The number of anilines is 1. The third kappa shape index (κ3) is 4.45. The van der Waals surface area contributed by atoms with E-state index in [0.717, 1.165) is 12.1 Å². The Kier molecular flexibility index (Phi) is 7.34. The lowest BCUT2D eigenvalue weighted by molar-refractivity contribution is -0.423. The van der Waals surface area contributed by atoms with Gasteiger partial charge in [0.2, 0.25) is 0 Å². The monoisotopic (exact) mass is 461 g/mol. The third-order valence-corrected chi connectivity index (χ3v) is 4.46. The van der Waals surface area contributed by atoms with E-state index < -0.39 is 48.0 Å². The lowest BCUT2D eigenvalue weighted by Crippen LogP contribution is -2.66. The van der Waals surface area contributed by atoms with Crippen molar-refractivity contribution in [1.29, 1.82) is 0 Å². The lowest BCUT2D eigenvalue weighted by atomic mass is 9.92. The number of rotatable bonds is 9. The van der Waals surface area contributed by atoms with Crippen LogP contribution in [0.1, 0.15) is 31.9 Å². The highest BCUT2D eigenvalue weighted by Gasteiger charge is 2.87. The molecule has 0 saturated heterocycles. The van der Waals surface area contributed by atoms with Crippen LogP contribution in [0.2, 0.25) is 0 Å². The second-order valence-electron chi connectivity index (χ2n) is 6.41. The minimum absolute atomic E-state index is 0.452. The van der Waals surface area contributed by atoms with E-state index in [1.807, 2.05) is 0 Å². The van der Waals surface area contributed by atoms with E-state index in [1.54, 1.807) is 18.7 Å². The average molecular weight is 461 g/mol. The maximum atomic E-state index is 13.8. The molecule has 0 aliphatic heterocycles. The fraction of sp³-hybridized carbons (Fsp3) is 0.647. The van der Waals surface area contributed by atoms with Gasteiger partial charge in [0.15, 0.2) is 0 Å². The molecule has 2 nitrogen and oxygen atoms in total. The highest BCUT2D eigenvalue weighted by molar-refractivity contribution is 5.47. The van der Waals surface area contributed by atoms with Crippen LogP contribution in [-0.2, 0) is 0 Å². The standard InChI is InChI=1S/C17H18F11NO/c1-3-29(4-2)11-7-5-10(6-8-11)12(30)9-13(18,19)14(20,21)15(22,23)16(24,25)17(26,27)28/h5-8,12,30H,3-4,9H2,1-2H3. The Morgan fingerprint density at radius 3 is 1.53 bits per heavy atom. The molecule has 0 aliphatic rings. The molecule has 0 amide bonds. The Bertz CT molecular complexity index is 697. The molecule has 1 N–H and O–H groups in total. The zero-order valence-electron chi connectivity index (χ0n) is 15.6. The van der Waals surface area contributed by atoms with Crippen LogP contribution < -0.4 is 4.90 Å². The Balaban J connectivity index is 3.16. The SMILES string of the molecule is CCN(CC)c1ccc(C(O)CC(F)(F)C(F)(F)C(F)(F)C(F)(F)C(F)(F)F)cc1. The van der Waals surface area contributed by atoms with E-state index in [-0.39, 0.29) is 0 Å². The van der Waals surface area contributed by atoms with E-state index >= 15 is 0 Å². The van der Waals surface area contributed by atoms with Crippen LogP contribution in [0.4, 0.5) is 54.0 Å². The molecule has 0 spiro atoms. The van der Waals surface area contributed by atoms with Gasteiger partial charge in [-0.25, -0.2) is 0 Å². The first kappa shape index (κ1) is 26.2. The minimum Gasteiger partial charge on any atom is -0.388 e. The van der Waals surface area contributed by atoms with E-state index in [0.29, 0.717) is 18.8 Å². The first-order chi connectivity index (χ1) is 13.4. The van der Waals surface area contributed by atoms with Gasteiger partial charge in [-0.3, -0.25) is 0 Å². The molecule has 0 radical (unpaired) electrons. The van der Waals surface area contributed by atoms with Crippen molar-refractivity contribution in [2.75, 3.05) is 18.0 Å². The van der Waals surface area contributed by atoms with E-state index in [1.165, 1.54) is 12.1 Å². The van der Waals surface area contributed by atoms with Crippen LogP contribution >= 0.6 is 0 Å². The molecule has 0 fully saturated rings. The molecule has 0 heterocycles. The summed E-state index contributed by atoms with van der Waals surface area (Å²) in [7, 11) is 0. The number of nitrogens with zero attached hydrogens (tertiary/aromatic N) is 1. The van der Waals surface area contributed by atoms with Gasteiger partial charge in [0.25, 0.3) is 0 Å². The van der Waals surface area contributed by atoms with Gasteiger partial charge in [0.1, 0.15) is 0 Å². The molecule has 1 aromatic carbocycles. The van der Waals surface area contributed by atoms with Gasteiger partial charge >= 0.3 is 29.9 Å². The van der Waals surface area contributed by atoms with Gasteiger partial charge in [0, 0.05) is 25.2 Å². The first-order valence-electron chi connectivity index (χ1n) is 8.48. The number of aliphatic hydroxyl groups excluding tert-OH is 1. The number of halogens is 11. The Labute approximate surface area is 164 Å². The van der Waals surface area contributed by atoms with Crippen LogP contribution in [-0.4, -0.2) is 48.1 Å². The van der Waals surface area contributed by atoms with Crippen LogP contribution in [0.3, 0.4) is 0 Å². The summed E-state index contributed by atoms with van der Waals surface area (Å²) in [5.41, 5.74) is 0.0941. The molecule has 30 heavy (non-hydrogen) atoms. The third-order valence-electron chi connectivity index (χ3n) is 4.46. The minimum atomic E-state index is -7.48. The normalized spacial score (nSPS) is 15.3. The molecule has 0 saturated carbocycles. The fourth-order valence-corrected chi connectivity index (χ4v) is 2.59. The Morgan fingerprint density at radius 2 is 1.17 bits per heavy atom. The maximum Gasteiger partial charge on any atom is 0.460 e. The van der Waals surface area contributed by atoms with Crippen molar-refractivity contribution < 1.29 is 53.4 Å². The molecule has 0 bridgehead atoms. The van der Waals surface area contributed by atoms with Crippen LogP contribution in [0.15, 0.2) is 24.3 Å². The summed E-state index contributed by atoms with van der Waals surface area (Å²) in [6.07, 6.45) is -12.3. The van der Waals surface area contributed by atoms with Crippen LogP contribution in [0.5, 0.6) is 0 Å². The average Bonchev–Trinajstić information content (AvgIpc) is 2.61. The summed E-state index contributed by atoms with van der Waals surface area (Å²) in [6.45, 7) is 4.63. The number of hydrogen-bond donors (Lipinski definition) is 1. The van der Waals surface area contributed by atoms with Gasteiger partial charge in [-0.1, -0.05) is 12.1 Å². The van der Waals surface area contributed by atoms with Crippen molar-refractivity contribution in [2.45, 2.75) is 56.2 Å². The van der Waals surface area contributed by atoms with E-state index in [2.05, 4.69) is 0 Å². The van der Waals surface area contributed by atoms with Crippen molar-refractivity contribution in [2.24, 2.45) is 0 Å². The van der Waals surface area contributed by atoms with Crippen LogP contribution in [0.25, 0.3) is 0 Å². The Morgan fingerprint density at radius 1 is 0.733 bits per heavy atom. The number of benzene rings is 1. The molecule has 1 unspecified atom stereocenters. The molecule has 0 aliphatic carbocycles. The molecule has 1 rings (SSSR count). The molecule has 1 aromatic rings. The van der Waals surface area contributed by atoms with Crippen molar-refractivity contribution in [3.63, 3.8) is 0 Å². The first-order valence-corrected chi connectivity index (χ1v) is 8.48. The van der Waals surface area contributed by atoms with E-state index in [4.69, 9.17) is 0 Å². The maximum absolute atomic E-state index is 13.8. The second kappa shape index (κ2) is 8.39. The topological polar surface area (TPSA) is 23.5 Å². The number of aliphatic hydroxyl groups is 1. The fourth-order valence-electron chi connectivity index (χ4n) is 2.59. The van der Waals surface area contributed by atoms with Crippen molar-refractivity contribution in [3.05, 3.63) is 29.8 Å². The summed E-state index contributed by atoms with van der Waals surface area (Å²) >= 11 is 0. The van der Waals surface area contributed by atoms with Crippen molar-refractivity contribution in [1.82, 2.24) is 0 Å². The molecule has 13 heteroatoms. The predicted molar refractivity (Wildman–Crippen MR) is 85.4 cm³/mol. The molecular weight excluding hydrogens is 443 g/mol. The quantitative estimate of drug-likeness (QED) is 0.452. The molecule has 174 valence electrons. The Hall–Kier alpha value is -1.79. The summed E-state index contributed by atoms with van der Waals surface area (Å²) in [5.74, 6) is -28.2. The highest BCUT2D eigenvalue weighted by atomic mass is 19.4. The van der Waals surface area contributed by atoms with Gasteiger partial charge < -0.3 is 10.0 Å². The van der Waals surface area contributed by atoms with Gasteiger partial charge in [-0.05, 0) is 31.5 Å². The predicted octanol–water partition coefficient (Wildman–Crippen LogP) is 6.06. The molecular formula is C17H18F11NO. The highest BCUT2D eigenvalue weighted by Crippen LogP contribution is 2.58. The molecule has 1 atom stereocenters. The zero-order valence-corrected chi connectivity index (χ0v) is 15.6. The summed E-state index contributed by atoms with van der Waals surface area (Å²) in [6, 6.07) is 4.62. The summed E-state index contributed by atoms with van der Waals surface area (Å²) in [4.78, 5) is 1.78. The van der Waals surface area contributed by atoms with Crippen molar-refractivity contribution in [3.8, 4) is 0 Å². The lowest BCUT2D eigenvalue weighted by Gasteiger charge is -2.37. The zero-order chi connectivity index (χ0) is 23.8. The summed E-state index contributed by atoms with van der Waals surface area (Å²) < 4.78 is 143. The molecule has 0 aromatic heterocycles. The van der Waals surface area contributed by atoms with Gasteiger partial charge in [-0.15, -0.1) is 0 Å². The summed E-state index contributed by atoms with van der Waals surface area (Å²) in [5, 5.41) is 9.71. The van der Waals surface area contributed by atoms with Gasteiger partial charge in [-0.2, -0.15) is 48.3 Å². The van der Waals surface area contributed by atoms with Crippen LogP contribution in [0, 0.1) is 0 Å². The number of alkyl halides is 11. The largest absolute Gasteiger partial charge is 0.460 e. The van der Waals surface area contributed by atoms with Crippen molar-refractivity contribution >= 4 is 5.69 Å². The number of hydrogen-bond acceptors (Lipinski definition) is 2. The van der Waals surface area contributed by atoms with E-state index in [9.17, 15) is 53.4 Å². The van der Waals surface area contributed by atoms with Gasteiger partial charge in [0.05, 0.1) is 6.10 Å².